The van der Waals surface area contributed by atoms with Crippen LogP contribution in [0.1, 0.15) is 0 Å². The summed E-state index contributed by atoms with van der Waals surface area (Å²) in [5.41, 5.74) is 5.54. The fraction of sp³-hybridized carbons (Fsp3) is 0.300. The van der Waals surface area contributed by atoms with E-state index in [1.54, 1.807) is 0 Å². The largest absolute Gasteiger partial charge is 0.476 e. The number of β-lactam (4-membered cyclic amide) rings is 1. The van der Waals surface area contributed by atoms with E-state index in [1.807, 2.05) is 0 Å². The van der Waals surface area contributed by atoms with Gasteiger partial charge in [-0.15, -0.1) is 0 Å². The van der Waals surface area contributed by atoms with Gasteiger partial charge in [0.2, 0.25) is 11.9 Å². The minimum Gasteiger partial charge on any atom is -0.476 e. The predicted octanol–water partition coefficient (Wildman–Crippen LogP) is -0.800. The molecule has 100 valence electrons. The van der Waals surface area contributed by atoms with Gasteiger partial charge in [-0.2, -0.15) is 0 Å². The van der Waals surface area contributed by atoms with E-state index in [9.17, 15) is 14.7 Å². The van der Waals surface area contributed by atoms with Crippen LogP contribution < -0.4 is 5.73 Å². The lowest BCUT2D eigenvalue weighted by molar-refractivity contribution is -0.153. The zero-order chi connectivity index (χ0) is 13.7. The van der Waals surface area contributed by atoms with Crippen molar-refractivity contribution in [3.8, 4) is 0 Å². The highest BCUT2D eigenvalue weighted by molar-refractivity contribution is 8.08. The van der Waals surface area contributed by atoms with E-state index in [0.717, 1.165) is 0 Å². The summed E-state index contributed by atoms with van der Waals surface area (Å²) in [6.07, 6.45) is 2.98. The molecule has 0 aromatic carbocycles. The number of aliphatic carboxylic acids is 1. The molecule has 2 aliphatic heterocycles. The Morgan fingerprint density at radius 2 is 2.32 bits per heavy atom. The molecule has 1 amide bonds. The van der Waals surface area contributed by atoms with Crippen LogP contribution in [0.4, 0.5) is 5.95 Å². The van der Waals surface area contributed by atoms with Crippen molar-refractivity contribution in [2.24, 2.45) is 5.92 Å². The van der Waals surface area contributed by atoms with E-state index < -0.39 is 11.9 Å². The summed E-state index contributed by atoms with van der Waals surface area (Å²) in [4.78, 5) is 28.1. The van der Waals surface area contributed by atoms with Crippen LogP contribution in [0.15, 0.2) is 18.1 Å². The number of hydrogen-bond acceptors (Lipinski definition) is 6. The molecule has 0 aliphatic carbocycles. The Bertz CT molecular complexity index is 610. The monoisotopic (exact) mass is 282 g/mol. The Labute approximate surface area is 111 Å². The van der Waals surface area contributed by atoms with Gasteiger partial charge in [0.05, 0.1) is 12.5 Å². The van der Waals surface area contributed by atoms with Crippen LogP contribution in [0.25, 0.3) is 5.03 Å². The van der Waals surface area contributed by atoms with E-state index in [4.69, 9.17) is 10.8 Å². The number of carboxylic acid groups (broad SMARTS) is 1. The van der Waals surface area contributed by atoms with Gasteiger partial charge >= 0.3 is 5.97 Å². The number of aromatic nitrogens is 2. The lowest BCUT2D eigenvalue weighted by Crippen LogP contribution is -2.58. The minimum absolute atomic E-state index is 0.116. The molecule has 2 atom stereocenters. The van der Waals surface area contributed by atoms with Crippen molar-refractivity contribution in [3.63, 3.8) is 0 Å². The quantitative estimate of drug-likeness (QED) is 0.620. The molecule has 8 nitrogen and oxygen atoms in total. The number of imidazole rings is 1. The molecule has 0 unspecified atom stereocenters. The number of carbonyl (C=O) groups excluding carboxylic acids is 1. The molecule has 4 N–H and O–H groups in total. The first-order valence-corrected chi connectivity index (χ1v) is 6.31. The summed E-state index contributed by atoms with van der Waals surface area (Å²) in [7, 11) is 0. The van der Waals surface area contributed by atoms with Crippen LogP contribution in [0.2, 0.25) is 0 Å². The molecule has 0 saturated carbocycles. The van der Waals surface area contributed by atoms with Crippen molar-refractivity contribution in [2.45, 2.75) is 5.37 Å². The zero-order valence-electron chi connectivity index (χ0n) is 9.55. The molecule has 0 spiro atoms. The summed E-state index contributed by atoms with van der Waals surface area (Å²) < 4.78 is 1.42. The van der Waals surface area contributed by atoms with Crippen LogP contribution >= 0.6 is 11.8 Å². The predicted molar refractivity (Wildman–Crippen MR) is 66.3 cm³/mol. The maximum Gasteiger partial charge on any atom is 0.355 e. The average molecular weight is 282 g/mol. The number of aliphatic hydroxyl groups is 1. The molecule has 19 heavy (non-hydrogen) atoms. The van der Waals surface area contributed by atoms with Crippen molar-refractivity contribution >= 4 is 34.6 Å². The third-order valence-corrected chi connectivity index (χ3v) is 4.51. The number of nitrogen functional groups attached to an aromatic ring is 1. The summed E-state index contributed by atoms with van der Waals surface area (Å²) in [5, 5.41) is 18.4. The first-order valence-electron chi connectivity index (χ1n) is 5.43. The fourth-order valence-electron chi connectivity index (χ4n) is 2.19. The Balaban J connectivity index is 2.07. The normalized spacial score (nSPS) is 25.5. The number of thioether (sulfide) groups is 1. The second-order valence-electron chi connectivity index (χ2n) is 4.12. The van der Waals surface area contributed by atoms with Gasteiger partial charge in [-0.1, -0.05) is 11.8 Å². The fourth-order valence-corrected chi connectivity index (χ4v) is 3.67. The second-order valence-corrected chi connectivity index (χ2v) is 5.23. The number of carbonyl (C=O) groups is 2. The number of fused-ring (bicyclic) bond motifs is 1. The SMILES string of the molecule is Nc1nccn1C1=C(C(=O)O)N2C(=O)[C@H](CO)[C@H]2S1. The lowest BCUT2D eigenvalue weighted by Gasteiger charge is -2.40. The molecular weight excluding hydrogens is 272 g/mol. The summed E-state index contributed by atoms with van der Waals surface area (Å²) in [6.45, 7) is -0.299. The molecule has 1 aromatic rings. The Kier molecular flexibility index (Phi) is 2.54. The molecule has 0 bridgehead atoms. The van der Waals surface area contributed by atoms with E-state index in [-0.39, 0.29) is 29.5 Å². The molecule has 1 aromatic heterocycles. The van der Waals surface area contributed by atoms with E-state index in [0.29, 0.717) is 5.03 Å². The van der Waals surface area contributed by atoms with Gasteiger partial charge in [-0.05, 0) is 0 Å². The third kappa shape index (κ3) is 1.48. The molecule has 0 radical (unpaired) electrons. The first-order chi connectivity index (χ1) is 9.06. The van der Waals surface area contributed by atoms with Crippen molar-refractivity contribution in [2.75, 3.05) is 12.3 Å². The molecule has 2 aliphatic rings. The number of aliphatic hydroxyl groups excluding tert-OH is 1. The highest BCUT2D eigenvalue weighted by Gasteiger charge is 2.56. The number of carboxylic acids is 1. The van der Waals surface area contributed by atoms with Crippen LogP contribution in [-0.2, 0) is 9.59 Å². The summed E-state index contributed by atoms with van der Waals surface area (Å²) >= 11 is 1.19. The van der Waals surface area contributed by atoms with Gasteiger partial charge in [0.25, 0.3) is 0 Å². The number of amides is 1. The zero-order valence-corrected chi connectivity index (χ0v) is 10.4. The Morgan fingerprint density at radius 3 is 2.84 bits per heavy atom. The number of rotatable bonds is 3. The third-order valence-electron chi connectivity index (χ3n) is 3.12. The molecule has 3 rings (SSSR count). The van der Waals surface area contributed by atoms with Crippen molar-refractivity contribution in [1.82, 2.24) is 14.5 Å². The van der Waals surface area contributed by atoms with E-state index >= 15 is 0 Å². The Hall–Kier alpha value is -2.00. The molecule has 1 saturated heterocycles. The summed E-state index contributed by atoms with van der Waals surface area (Å²) in [6, 6.07) is 0. The van der Waals surface area contributed by atoms with Gasteiger partial charge in [0, 0.05) is 12.4 Å². The topological polar surface area (TPSA) is 122 Å². The summed E-state index contributed by atoms with van der Waals surface area (Å²) in [5.74, 6) is -2.01. The van der Waals surface area contributed by atoms with Crippen LogP contribution in [0, 0.1) is 5.92 Å². The van der Waals surface area contributed by atoms with Crippen molar-refractivity contribution in [1.29, 1.82) is 0 Å². The molecule has 9 heteroatoms. The maximum atomic E-state index is 11.8. The van der Waals surface area contributed by atoms with Gasteiger partial charge in [0.1, 0.15) is 10.4 Å². The van der Waals surface area contributed by atoms with Gasteiger partial charge in [-0.3, -0.25) is 14.3 Å². The smallest absolute Gasteiger partial charge is 0.355 e. The molecule has 1 fully saturated rings. The van der Waals surface area contributed by atoms with Crippen molar-refractivity contribution < 1.29 is 19.8 Å². The number of anilines is 1. The average Bonchev–Trinajstić information content (AvgIpc) is 2.91. The minimum atomic E-state index is -1.21. The highest BCUT2D eigenvalue weighted by Crippen LogP contribution is 2.51. The van der Waals surface area contributed by atoms with E-state index in [2.05, 4.69) is 4.98 Å². The number of hydrogen-bond donors (Lipinski definition) is 3. The number of nitrogens with zero attached hydrogens (tertiary/aromatic N) is 3. The maximum absolute atomic E-state index is 11.8. The van der Waals surface area contributed by atoms with Gasteiger partial charge in [-0.25, -0.2) is 9.78 Å². The molecule has 3 heterocycles. The van der Waals surface area contributed by atoms with Crippen LogP contribution in [-0.4, -0.2) is 48.5 Å². The Morgan fingerprint density at radius 1 is 1.58 bits per heavy atom. The van der Waals surface area contributed by atoms with Crippen molar-refractivity contribution in [3.05, 3.63) is 18.1 Å². The highest BCUT2D eigenvalue weighted by atomic mass is 32.2. The standard InChI is InChI=1S/C10H10N4O4S/c11-10-12-1-2-13(10)8-5(9(17)18)14-6(16)4(3-15)7(14)19-8/h1-2,4,7,15H,3H2,(H2,11,12)(H,17,18)/t4-,7+/m0/s1. The van der Waals surface area contributed by atoms with Gasteiger partial charge in [0.15, 0.2) is 5.70 Å². The number of nitrogens with two attached hydrogens (primary N) is 1. The van der Waals surface area contributed by atoms with Crippen LogP contribution in [0.5, 0.6) is 0 Å². The first kappa shape index (κ1) is 12.1. The second kappa shape index (κ2) is 4.00. The molecular formula is C10H10N4O4S. The lowest BCUT2D eigenvalue weighted by atomic mass is 9.98. The van der Waals surface area contributed by atoms with Gasteiger partial charge < -0.3 is 15.9 Å². The van der Waals surface area contributed by atoms with E-state index in [1.165, 1.54) is 33.6 Å². The van der Waals surface area contributed by atoms with Crippen LogP contribution in [0.3, 0.4) is 0 Å².